The minimum atomic E-state index is 0.492. The van der Waals surface area contributed by atoms with Gasteiger partial charge in [-0.05, 0) is 18.6 Å². The molecule has 0 spiro atoms. The standard InChI is InChI=1S/C12H16ClNO2/c1-14(7-4-8-16-2)12-6-3-5-11(13)10(12)9-15/h3,5-6,9H,4,7-8H2,1-2H3. The Morgan fingerprint density at radius 3 is 2.88 bits per heavy atom. The lowest BCUT2D eigenvalue weighted by atomic mass is 10.1. The van der Waals surface area contributed by atoms with Crippen LogP contribution >= 0.6 is 11.6 Å². The highest BCUT2D eigenvalue weighted by atomic mass is 35.5. The van der Waals surface area contributed by atoms with Gasteiger partial charge >= 0.3 is 0 Å². The van der Waals surface area contributed by atoms with Crippen molar-refractivity contribution in [2.75, 3.05) is 32.2 Å². The second kappa shape index (κ2) is 6.51. The van der Waals surface area contributed by atoms with Gasteiger partial charge in [-0.2, -0.15) is 0 Å². The van der Waals surface area contributed by atoms with Crippen LogP contribution in [0, 0.1) is 0 Å². The van der Waals surface area contributed by atoms with Crippen LogP contribution in [0.2, 0.25) is 5.02 Å². The van der Waals surface area contributed by atoms with E-state index in [-0.39, 0.29) is 0 Å². The van der Waals surface area contributed by atoms with Gasteiger partial charge in [-0.3, -0.25) is 4.79 Å². The third-order valence-electron chi connectivity index (χ3n) is 2.40. The van der Waals surface area contributed by atoms with Crippen molar-refractivity contribution in [2.24, 2.45) is 0 Å². The van der Waals surface area contributed by atoms with Gasteiger partial charge < -0.3 is 9.64 Å². The Hall–Kier alpha value is -1.06. The zero-order valence-corrected chi connectivity index (χ0v) is 10.3. The Bertz CT molecular complexity index is 355. The van der Waals surface area contributed by atoms with Crippen molar-refractivity contribution in [3.05, 3.63) is 28.8 Å². The summed E-state index contributed by atoms with van der Waals surface area (Å²) in [5.41, 5.74) is 1.41. The van der Waals surface area contributed by atoms with Gasteiger partial charge in [0.15, 0.2) is 6.29 Å². The van der Waals surface area contributed by atoms with Crippen LogP contribution in [0.15, 0.2) is 18.2 Å². The lowest BCUT2D eigenvalue weighted by molar-refractivity contribution is 0.112. The molecule has 88 valence electrons. The third-order valence-corrected chi connectivity index (χ3v) is 2.73. The average Bonchev–Trinajstić information content (AvgIpc) is 2.29. The molecule has 0 heterocycles. The number of halogens is 1. The Morgan fingerprint density at radius 2 is 2.25 bits per heavy atom. The fraction of sp³-hybridized carbons (Fsp3) is 0.417. The van der Waals surface area contributed by atoms with Crippen LogP contribution in [0.5, 0.6) is 0 Å². The highest BCUT2D eigenvalue weighted by Crippen LogP contribution is 2.25. The Kier molecular flexibility index (Phi) is 5.29. The van der Waals surface area contributed by atoms with Crippen molar-refractivity contribution in [3.8, 4) is 0 Å². The Balaban J connectivity index is 2.78. The number of methoxy groups -OCH3 is 1. The van der Waals surface area contributed by atoms with Crippen LogP contribution in [-0.2, 0) is 4.74 Å². The van der Waals surface area contributed by atoms with Gasteiger partial charge in [0.2, 0.25) is 0 Å². The lowest BCUT2D eigenvalue weighted by Gasteiger charge is -2.21. The topological polar surface area (TPSA) is 29.5 Å². The first-order chi connectivity index (χ1) is 7.70. The van der Waals surface area contributed by atoms with Gasteiger partial charge in [-0.25, -0.2) is 0 Å². The van der Waals surface area contributed by atoms with Crippen LogP contribution in [0.3, 0.4) is 0 Å². The van der Waals surface area contributed by atoms with Crippen LogP contribution < -0.4 is 4.90 Å². The largest absolute Gasteiger partial charge is 0.385 e. The van der Waals surface area contributed by atoms with Crippen LogP contribution in [-0.4, -0.2) is 33.6 Å². The maximum Gasteiger partial charge on any atom is 0.153 e. The fourth-order valence-corrected chi connectivity index (χ4v) is 1.76. The number of hydrogen-bond donors (Lipinski definition) is 0. The van der Waals surface area contributed by atoms with E-state index >= 15 is 0 Å². The van der Waals surface area contributed by atoms with Gasteiger partial charge in [0.25, 0.3) is 0 Å². The molecule has 0 unspecified atom stereocenters. The second-order valence-electron chi connectivity index (χ2n) is 3.56. The average molecular weight is 242 g/mol. The van der Waals surface area contributed by atoms with E-state index in [9.17, 15) is 4.79 Å². The van der Waals surface area contributed by atoms with E-state index in [1.54, 1.807) is 13.2 Å². The quantitative estimate of drug-likeness (QED) is 0.567. The zero-order valence-electron chi connectivity index (χ0n) is 9.57. The van der Waals surface area contributed by atoms with E-state index in [2.05, 4.69) is 0 Å². The molecule has 0 saturated carbocycles. The summed E-state index contributed by atoms with van der Waals surface area (Å²) in [6, 6.07) is 5.46. The molecule has 16 heavy (non-hydrogen) atoms. The number of hydrogen-bond acceptors (Lipinski definition) is 3. The van der Waals surface area contributed by atoms with E-state index in [0.29, 0.717) is 17.2 Å². The number of carbonyl (C=O) groups excluding carboxylic acids is 1. The summed E-state index contributed by atoms with van der Waals surface area (Å²) in [4.78, 5) is 13.0. The Labute approximate surface area is 101 Å². The monoisotopic (exact) mass is 241 g/mol. The van der Waals surface area contributed by atoms with E-state index < -0.39 is 0 Å². The maximum absolute atomic E-state index is 10.9. The van der Waals surface area contributed by atoms with Crippen molar-refractivity contribution >= 4 is 23.6 Å². The number of benzene rings is 1. The van der Waals surface area contributed by atoms with Crippen LogP contribution in [0.25, 0.3) is 0 Å². The molecule has 3 nitrogen and oxygen atoms in total. The van der Waals surface area contributed by atoms with Gasteiger partial charge in [0, 0.05) is 33.0 Å². The van der Waals surface area contributed by atoms with Crippen molar-refractivity contribution < 1.29 is 9.53 Å². The third kappa shape index (κ3) is 3.22. The molecule has 0 N–H and O–H groups in total. The second-order valence-corrected chi connectivity index (χ2v) is 3.97. The van der Waals surface area contributed by atoms with E-state index in [1.807, 2.05) is 24.1 Å². The molecule has 0 bridgehead atoms. The molecule has 0 fully saturated rings. The molecule has 0 aliphatic rings. The molecular weight excluding hydrogens is 226 g/mol. The zero-order chi connectivity index (χ0) is 12.0. The number of aldehydes is 1. The summed E-state index contributed by atoms with van der Waals surface area (Å²) in [6.07, 6.45) is 1.71. The summed E-state index contributed by atoms with van der Waals surface area (Å²) in [5, 5.41) is 0.492. The number of rotatable bonds is 6. The molecule has 1 rings (SSSR count). The molecule has 0 atom stereocenters. The summed E-state index contributed by atoms with van der Waals surface area (Å²) < 4.78 is 4.99. The van der Waals surface area contributed by atoms with Crippen molar-refractivity contribution in [3.63, 3.8) is 0 Å². The smallest absolute Gasteiger partial charge is 0.153 e. The summed E-state index contributed by atoms with van der Waals surface area (Å²) >= 11 is 5.95. The molecule has 0 aliphatic heterocycles. The molecule has 0 saturated heterocycles. The predicted octanol–water partition coefficient (Wildman–Crippen LogP) is 2.63. The lowest BCUT2D eigenvalue weighted by Crippen LogP contribution is -2.21. The molecule has 0 aliphatic carbocycles. The minimum Gasteiger partial charge on any atom is -0.385 e. The molecule has 1 aromatic carbocycles. The minimum absolute atomic E-state index is 0.492. The number of carbonyl (C=O) groups is 1. The van der Waals surface area contributed by atoms with Crippen LogP contribution in [0.4, 0.5) is 5.69 Å². The first kappa shape index (κ1) is 13.0. The van der Waals surface area contributed by atoms with E-state index in [4.69, 9.17) is 16.3 Å². The summed E-state index contributed by atoms with van der Waals surface area (Å²) in [7, 11) is 3.62. The molecular formula is C12H16ClNO2. The number of anilines is 1. The van der Waals surface area contributed by atoms with E-state index in [0.717, 1.165) is 24.9 Å². The van der Waals surface area contributed by atoms with Crippen molar-refractivity contribution in [2.45, 2.75) is 6.42 Å². The summed E-state index contributed by atoms with van der Waals surface area (Å²) in [6.45, 7) is 1.54. The first-order valence-electron chi connectivity index (χ1n) is 5.14. The molecule has 0 amide bonds. The van der Waals surface area contributed by atoms with Gasteiger partial charge in [-0.1, -0.05) is 17.7 Å². The first-order valence-corrected chi connectivity index (χ1v) is 5.52. The highest BCUT2D eigenvalue weighted by molar-refractivity contribution is 6.33. The van der Waals surface area contributed by atoms with Crippen molar-refractivity contribution in [1.29, 1.82) is 0 Å². The molecule has 1 aromatic rings. The molecule has 0 radical (unpaired) electrons. The number of ether oxygens (including phenoxy) is 1. The van der Waals surface area contributed by atoms with Gasteiger partial charge in [-0.15, -0.1) is 0 Å². The molecule has 0 aromatic heterocycles. The molecule has 4 heteroatoms. The van der Waals surface area contributed by atoms with Crippen LogP contribution in [0.1, 0.15) is 16.8 Å². The number of nitrogens with zero attached hydrogens (tertiary/aromatic N) is 1. The fourth-order valence-electron chi connectivity index (χ4n) is 1.54. The highest BCUT2D eigenvalue weighted by Gasteiger charge is 2.09. The predicted molar refractivity (Wildman–Crippen MR) is 66.6 cm³/mol. The normalized spacial score (nSPS) is 10.2. The Morgan fingerprint density at radius 1 is 1.50 bits per heavy atom. The van der Waals surface area contributed by atoms with Crippen molar-refractivity contribution in [1.82, 2.24) is 0 Å². The van der Waals surface area contributed by atoms with Gasteiger partial charge in [0.05, 0.1) is 10.6 Å². The van der Waals surface area contributed by atoms with E-state index in [1.165, 1.54) is 0 Å². The maximum atomic E-state index is 10.9. The SMILES string of the molecule is COCCCN(C)c1cccc(Cl)c1C=O. The summed E-state index contributed by atoms with van der Waals surface area (Å²) in [5.74, 6) is 0. The van der Waals surface area contributed by atoms with Gasteiger partial charge in [0.1, 0.15) is 0 Å².